The fourth-order valence-corrected chi connectivity index (χ4v) is 15.1. The summed E-state index contributed by atoms with van der Waals surface area (Å²) in [4.78, 5) is 4.86. The van der Waals surface area contributed by atoms with Gasteiger partial charge in [-0.3, -0.25) is 0 Å². The first-order valence-electron chi connectivity index (χ1n) is 29.4. The second kappa shape index (κ2) is 18.5. The molecule has 2 aliphatic carbocycles. The van der Waals surface area contributed by atoms with Crippen LogP contribution in [0.5, 0.6) is 28.7 Å². The van der Waals surface area contributed by atoms with Crippen LogP contribution in [-0.2, 0) is 10.8 Å². The van der Waals surface area contributed by atoms with Crippen LogP contribution in [0.3, 0.4) is 0 Å². The quantitative estimate of drug-likeness (QED) is 0.152. The molecule has 4 aliphatic rings. The van der Waals surface area contributed by atoms with Gasteiger partial charge >= 0.3 is 0 Å². The summed E-state index contributed by atoms with van der Waals surface area (Å²) in [5.41, 5.74) is 23.1. The van der Waals surface area contributed by atoms with E-state index < -0.39 is 10.8 Å². The fraction of sp³-hybridized carbons (Fsp3) is 0.0886. The molecule has 2 aliphatic heterocycles. The van der Waals surface area contributed by atoms with Crippen molar-refractivity contribution in [2.45, 2.75) is 37.6 Å². The van der Waals surface area contributed by atoms with E-state index in [9.17, 15) is 0 Å². The lowest BCUT2D eigenvalue weighted by molar-refractivity contribution is 0.415. The number of rotatable bonds is 8. The summed E-state index contributed by atoms with van der Waals surface area (Å²) >= 11 is 0. The highest BCUT2D eigenvalue weighted by atomic mass is 16.5. The zero-order chi connectivity index (χ0) is 56.7. The van der Waals surface area contributed by atoms with Gasteiger partial charge in [0, 0.05) is 73.2 Å². The second-order valence-corrected chi connectivity index (χ2v) is 23.3. The third-order valence-corrected chi connectivity index (χ3v) is 18.6. The molecule has 3 heterocycles. The van der Waals surface area contributed by atoms with Gasteiger partial charge in [0.05, 0.1) is 29.0 Å². The van der Waals surface area contributed by atoms with Crippen LogP contribution in [0.4, 0.5) is 34.1 Å². The Hall–Kier alpha value is -10.6. The van der Waals surface area contributed by atoms with Crippen molar-refractivity contribution >= 4 is 55.9 Å². The Balaban J connectivity index is 0.850. The van der Waals surface area contributed by atoms with Gasteiger partial charge in [-0.2, -0.15) is 0 Å². The molecule has 13 aromatic rings. The van der Waals surface area contributed by atoms with Gasteiger partial charge in [-0.1, -0.05) is 163 Å². The molecule has 0 saturated heterocycles. The van der Waals surface area contributed by atoms with Gasteiger partial charge in [0.2, 0.25) is 0 Å². The van der Waals surface area contributed by atoms with Crippen molar-refractivity contribution in [2.24, 2.45) is 0 Å². The number of aryl methyl sites for hydroxylation is 1. The molecule has 1 aromatic heterocycles. The molecule has 12 aromatic carbocycles. The maximum atomic E-state index is 6.74. The summed E-state index contributed by atoms with van der Waals surface area (Å²) in [5, 5.41) is 2.40. The number of anilines is 6. The smallest absolute Gasteiger partial charge is 0.132 e. The number of methoxy groups -OCH3 is 1. The molecule has 0 fully saturated rings. The van der Waals surface area contributed by atoms with Gasteiger partial charge in [0.15, 0.2) is 0 Å². The molecule has 85 heavy (non-hydrogen) atoms. The molecule has 0 radical (unpaired) electrons. The molecule has 0 atom stereocenters. The Morgan fingerprint density at radius 3 is 1.07 bits per heavy atom. The summed E-state index contributed by atoms with van der Waals surface area (Å²) in [6.07, 6.45) is 0. The van der Waals surface area contributed by atoms with Gasteiger partial charge in [0.1, 0.15) is 28.7 Å². The SMILES string of the molecule is COc1ccc(N(c2ccc3c(c2)C2(c4ccccc4Oc4ccccc42)c2ccccc2-3)c2ccc3c4ccc(N(c5ccc(C)cc5)c5ccc6c(c5)C5(c7ccccc7Oc7ccccc75)c5ccccc5-6)cc4n(C(C)C)c3c2)cc1. The van der Waals surface area contributed by atoms with E-state index in [0.29, 0.717) is 0 Å². The van der Waals surface area contributed by atoms with Gasteiger partial charge in [-0.15, -0.1) is 0 Å². The summed E-state index contributed by atoms with van der Waals surface area (Å²) < 4.78 is 21.8. The minimum atomic E-state index is -0.620. The maximum Gasteiger partial charge on any atom is 0.132 e. The van der Waals surface area contributed by atoms with E-state index in [-0.39, 0.29) is 6.04 Å². The summed E-state index contributed by atoms with van der Waals surface area (Å²) in [5.74, 6) is 4.31. The molecule has 17 rings (SSSR count). The molecule has 6 nitrogen and oxygen atoms in total. The second-order valence-electron chi connectivity index (χ2n) is 23.3. The first kappa shape index (κ1) is 49.1. The van der Waals surface area contributed by atoms with E-state index in [1.54, 1.807) is 7.11 Å². The molecule has 2 spiro atoms. The zero-order valence-electron chi connectivity index (χ0n) is 47.5. The summed E-state index contributed by atoms with van der Waals surface area (Å²) in [7, 11) is 1.73. The van der Waals surface area contributed by atoms with Crippen molar-refractivity contribution in [2.75, 3.05) is 16.9 Å². The lowest BCUT2D eigenvalue weighted by Gasteiger charge is -2.39. The van der Waals surface area contributed by atoms with Crippen LogP contribution in [0.15, 0.2) is 267 Å². The largest absolute Gasteiger partial charge is 0.497 e. The van der Waals surface area contributed by atoms with Crippen LogP contribution in [-0.4, -0.2) is 11.7 Å². The number of ether oxygens (including phenoxy) is 3. The molecule has 0 N–H and O–H groups in total. The highest BCUT2D eigenvalue weighted by Crippen LogP contribution is 2.65. The standard InChI is InChI=1S/C79H57N3O3/c1-49(2)80-72-47-55(81(51-31-29-50(3)30-32-51)53-35-41-60-58-17-5-7-19-64(58)78(70(60)45-53)66-21-9-13-25-74(66)84-75-26-14-10-22-67(75)78)37-43-62(72)63-44-38-56(48-73(63)80)82(52-33-39-57(83-4)40-34-52)54-36-42-61-59-18-6-8-20-65(59)79(71(61)46-54)68-23-11-15-27-76(68)85-77-28-16-12-24-69(77)79/h5-49H,1-4H3. The molecule has 0 bridgehead atoms. The van der Waals surface area contributed by atoms with Crippen molar-refractivity contribution in [1.82, 2.24) is 4.57 Å². The topological polar surface area (TPSA) is 39.1 Å². The number of para-hydroxylation sites is 4. The van der Waals surface area contributed by atoms with Gasteiger partial charge in [0.25, 0.3) is 0 Å². The van der Waals surface area contributed by atoms with Crippen molar-refractivity contribution in [3.8, 4) is 51.0 Å². The number of hydrogen-bond acceptors (Lipinski definition) is 5. The lowest BCUT2D eigenvalue weighted by atomic mass is 9.66. The van der Waals surface area contributed by atoms with Crippen LogP contribution in [0.1, 0.15) is 70.0 Å². The first-order chi connectivity index (χ1) is 41.8. The molecular formula is C79H57N3O3. The van der Waals surface area contributed by atoms with Crippen LogP contribution < -0.4 is 24.0 Å². The van der Waals surface area contributed by atoms with Gasteiger partial charge in [-0.05, 0) is 174 Å². The van der Waals surface area contributed by atoms with Crippen LogP contribution in [0, 0.1) is 6.92 Å². The molecular weight excluding hydrogens is 1040 g/mol. The first-order valence-corrected chi connectivity index (χ1v) is 29.4. The van der Waals surface area contributed by atoms with Crippen LogP contribution in [0.2, 0.25) is 0 Å². The number of benzene rings is 12. The predicted octanol–water partition coefficient (Wildman–Crippen LogP) is 20.6. The Kier molecular flexibility index (Phi) is 10.7. The third-order valence-electron chi connectivity index (χ3n) is 18.6. The van der Waals surface area contributed by atoms with Crippen molar-refractivity contribution in [3.63, 3.8) is 0 Å². The van der Waals surface area contributed by atoms with Crippen LogP contribution >= 0.6 is 0 Å². The highest BCUT2D eigenvalue weighted by Gasteiger charge is 2.53. The third kappa shape index (κ3) is 6.88. The van der Waals surface area contributed by atoms with E-state index in [0.717, 1.165) is 90.6 Å². The maximum absolute atomic E-state index is 6.74. The molecule has 0 unspecified atom stereocenters. The predicted molar refractivity (Wildman–Crippen MR) is 345 cm³/mol. The molecule has 406 valence electrons. The zero-order valence-corrected chi connectivity index (χ0v) is 47.5. The van der Waals surface area contributed by atoms with Gasteiger partial charge in [-0.25, -0.2) is 0 Å². The Labute approximate surface area is 494 Å². The lowest BCUT2D eigenvalue weighted by Crippen LogP contribution is -2.32. The minimum absolute atomic E-state index is 0.117. The fourth-order valence-electron chi connectivity index (χ4n) is 15.1. The molecule has 6 heteroatoms. The van der Waals surface area contributed by atoms with Crippen molar-refractivity contribution < 1.29 is 14.2 Å². The highest BCUT2D eigenvalue weighted by molar-refractivity contribution is 6.11. The Bertz CT molecular complexity index is 4810. The average Bonchev–Trinajstić information content (AvgIpc) is 1.62. The van der Waals surface area contributed by atoms with Crippen LogP contribution in [0.25, 0.3) is 44.1 Å². The van der Waals surface area contributed by atoms with E-state index in [1.807, 2.05) is 0 Å². The minimum Gasteiger partial charge on any atom is -0.497 e. The molecule has 0 amide bonds. The number of hydrogen-bond donors (Lipinski definition) is 0. The van der Waals surface area contributed by atoms with Crippen molar-refractivity contribution in [1.29, 1.82) is 0 Å². The average molecular weight is 1100 g/mol. The monoisotopic (exact) mass is 1100 g/mol. The Morgan fingerprint density at radius 2 is 0.671 bits per heavy atom. The van der Waals surface area contributed by atoms with E-state index in [1.165, 1.54) is 66.4 Å². The van der Waals surface area contributed by atoms with Gasteiger partial charge < -0.3 is 28.6 Å². The van der Waals surface area contributed by atoms with E-state index in [2.05, 4.69) is 302 Å². The summed E-state index contributed by atoms with van der Waals surface area (Å²) in [6.45, 7) is 6.77. The van der Waals surface area contributed by atoms with Crippen molar-refractivity contribution in [3.05, 3.63) is 317 Å². The molecule has 0 saturated carbocycles. The number of fused-ring (bicyclic) bond motifs is 21. The normalized spacial score (nSPS) is 13.9. The number of nitrogens with zero attached hydrogens (tertiary/aromatic N) is 3. The summed E-state index contributed by atoms with van der Waals surface area (Å²) in [6, 6.07) is 98.0. The van der Waals surface area contributed by atoms with E-state index >= 15 is 0 Å². The Morgan fingerprint density at radius 1 is 0.341 bits per heavy atom. The number of aromatic nitrogens is 1. The van der Waals surface area contributed by atoms with E-state index in [4.69, 9.17) is 14.2 Å².